The molecule has 158 valence electrons. The maximum atomic E-state index is 12.6. The van der Waals surface area contributed by atoms with E-state index in [1.54, 1.807) is 6.08 Å². The lowest BCUT2D eigenvalue weighted by Crippen LogP contribution is -2.30. The van der Waals surface area contributed by atoms with E-state index < -0.39 is 5.69 Å². The first-order chi connectivity index (χ1) is 14.5. The Kier molecular flexibility index (Phi) is 7.22. The van der Waals surface area contributed by atoms with Gasteiger partial charge in [0.1, 0.15) is 0 Å². The highest BCUT2D eigenvalue weighted by atomic mass is 16.2. The Balaban J connectivity index is 1.85. The number of nitrogens with one attached hydrogen (secondary N) is 4. The fourth-order valence-electron chi connectivity index (χ4n) is 3.87. The van der Waals surface area contributed by atoms with Crippen molar-refractivity contribution in [3.8, 4) is 0 Å². The Morgan fingerprint density at radius 1 is 1.23 bits per heavy atom. The van der Waals surface area contributed by atoms with Crippen molar-refractivity contribution in [1.29, 1.82) is 5.41 Å². The van der Waals surface area contributed by atoms with Crippen LogP contribution in [0.25, 0.3) is 0 Å². The third-order valence-electron chi connectivity index (χ3n) is 5.41. The Morgan fingerprint density at radius 3 is 2.63 bits per heavy atom. The molecule has 0 saturated heterocycles. The maximum Gasteiger partial charge on any atom is 0.325 e. The van der Waals surface area contributed by atoms with Crippen LogP contribution in [-0.4, -0.2) is 22.7 Å². The van der Waals surface area contributed by atoms with Gasteiger partial charge in [-0.05, 0) is 42.4 Å². The Morgan fingerprint density at radius 2 is 2.00 bits per heavy atom. The summed E-state index contributed by atoms with van der Waals surface area (Å²) in [4.78, 5) is 29.9. The third-order valence-corrected chi connectivity index (χ3v) is 5.41. The fourth-order valence-corrected chi connectivity index (χ4v) is 3.87. The number of aromatic nitrogens is 2. The van der Waals surface area contributed by atoms with Crippen molar-refractivity contribution in [2.45, 2.75) is 45.4 Å². The SMILES string of the molecule is CC(C)CN/C(=C\C=N)C1=CCC(c2[nH]c(=O)[nH]c(=O)c2Cc2ccccc2)CC1. The summed E-state index contributed by atoms with van der Waals surface area (Å²) in [6.07, 6.45) is 8.18. The van der Waals surface area contributed by atoms with Gasteiger partial charge in [-0.2, -0.15) is 0 Å². The first kappa shape index (κ1) is 21.6. The molecule has 0 fully saturated rings. The van der Waals surface area contributed by atoms with Gasteiger partial charge in [-0.3, -0.25) is 9.78 Å². The number of hydrogen-bond acceptors (Lipinski definition) is 4. The number of rotatable bonds is 8. The molecule has 0 saturated carbocycles. The predicted molar refractivity (Wildman–Crippen MR) is 121 cm³/mol. The summed E-state index contributed by atoms with van der Waals surface area (Å²) in [6, 6.07) is 9.82. The second-order valence-electron chi connectivity index (χ2n) is 8.19. The van der Waals surface area contributed by atoms with Gasteiger partial charge in [-0.15, -0.1) is 0 Å². The zero-order valence-electron chi connectivity index (χ0n) is 17.6. The Bertz CT molecular complexity index is 1040. The molecule has 1 aromatic heterocycles. The van der Waals surface area contributed by atoms with Gasteiger partial charge >= 0.3 is 5.69 Å². The molecule has 0 aliphatic heterocycles. The molecule has 0 amide bonds. The smallest absolute Gasteiger partial charge is 0.325 e. The minimum absolute atomic E-state index is 0.0915. The molecule has 6 heteroatoms. The molecule has 1 heterocycles. The average Bonchev–Trinajstić information content (AvgIpc) is 2.73. The molecule has 1 atom stereocenters. The van der Waals surface area contributed by atoms with Crippen LogP contribution in [0.4, 0.5) is 0 Å². The number of aromatic amines is 2. The minimum atomic E-state index is -0.454. The lowest BCUT2D eigenvalue weighted by Gasteiger charge is -2.25. The highest BCUT2D eigenvalue weighted by Gasteiger charge is 2.23. The number of hydrogen-bond donors (Lipinski definition) is 4. The summed E-state index contributed by atoms with van der Waals surface area (Å²) < 4.78 is 0. The van der Waals surface area contributed by atoms with Crippen molar-refractivity contribution >= 4 is 6.21 Å². The molecular weight excluding hydrogens is 376 g/mol. The van der Waals surface area contributed by atoms with E-state index >= 15 is 0 Å². The van der Waals surface area contributed by atoms with Crippen LogP contribution in [0.15, 0.2) is 63.3 Å². The average molecular weight is 407 g/mol. The van der Waals surface area contributed by atoms with Crippen LogP contribution < -0.4 is 16.6 Å². The lowest BCUT2D eigenvalue weighted by atomic mass is 9.83. The fraction of sp³-hybridized carbons (Fsp3) is 0.375. The molecule has 1 unspecified atom stereocenters. The van der Waals surface area contributed by atoms with Gasteiger partial charge in [0, 0.05) is 42.1 Å². The molecule has 0 radical (unpaired) electrons. The summed E-state index contributed by atoms with van der Waals surface area (Å²) in [5.41, 5.74) is 3.83. The summed E-state index contributed by atoms with van der Waals surface area (Å²) in [5, 5.41) is 10.9. The van der Waals surface area contributed by atoms with Crippen LogP contribution in [-0.2, 0) is 6.42 Å². The first-order valence-corrected chi connectivity index (χ1v) is 10.5. The van der Waals surface area contributed by atoms with Gasteiger partial charge in [0.2, 0.25) is 0 Å². The molecule has 1 aromatic carbocycles. The molecule has 2 aromatic rings. The normalized spacial score (nSPS) is 17.0. The van der Waals surface area contributed by atoms with E-state index in [0.717, 1.165) is 42.8 Å². The molecular formula is C24H30N4O2. The second kappa shape index (κ2) is 10.1. The van der Waals surface area contributed by atoms with Gasteiger partial charge in [-0.1, -0.05) is 50.3 Å². The summed E-state index contributed by atoms with van der Waals surface area (Å²) in [7, 11) is 0. The predicted octanol–water partition coefficient (Wildman–Crippen LogP) is 3.63. The van der Waals surface area contributed by atoms with Gasteiger partial charge in [0.15, 0.2) is 0 Å². The van der Waals surface area contributed by atoms with Crippen LogP contribution in [0.5, 0.6) is 0 Å². The van der Waals surface area contributed by atoms with E-state index in [4.69, 9.17) is 5.41 Å². The van der Waals surface area contributed by atoms with E-state index in [-0.39, 0.29) is 11.5 Å². The van der Waals surface area contributed by atoms with Crippen LogP contribution in [0, 0.1) is 11.3 Å². The zero-order chi connectivity index (χ0) is 21.5. The van der Waals surface area contributed by atoms with Crippen molar-refractivity contribution in [3.05, 3.63) is 91.4 Å². The summed E-state index contributed by atoms with van der Waals surface area (Å²) >= 11 is 0. The minimum Gasteiger partial charge on any atom is -0.385 e. The first-order valence-electron chi connectivity index (χ1n) is 10.5. The maximum absolute atomic E-state index is 12.6. The molecule has 30 heavy (non-hydrogen) atoms. The van der Waals surface area contributed by atoms with E-state index in [0.29, 0.717) is 17.9 Å². The summed E-state index contributed by atoms with van der Waals surface area (Å²) in [5.74, 6) is 0.603. The van der Waals surface area contributed by atoms with Crippen LogP contribution >= 0.6 is 0 Å². The monoisotopic (exact) mass is 406 g/mol. The highest BCUT2D eigenvalue weighted by Crippen LogP contribution is 2.34. The summed E-state index contributed by atoms with van der Waals surface area (Å²) in [6.45, 7) is 5.15. The van der Waals surface area contributed by atoms with Crippen molar-refractivity contribution < 1.29 is 0 Å². The van der Waals surface area contributed by atoms with E-state index in [9.17, 15) is 9.59 Å². The number of benzene rings is 1. The van der Waals surface area contributed by atoms with Gasteiger partial charge in [-0.25, -0.2) is 4.79 Å². The van der Waals surface area contributed by atoms with Crippen molar-refractivity contribution in [3.63, 3.8) is 0 Å². The second-order valence-corrected chi connectivity index (χ2v) is 8.19. The highest BCUT2D eigenvalue weighted by molar-refractivity contribution is 5.70. The molecule has 6 nitrogen and oxygen atoms in total. The van der Waals surface area contributed by atoms with E-state index in [2.05, 4.69) is 35.2 Å². The molecule has 1 aliphatic rings. The Labute approximate surface area is 176 Å². The van der Waals surface area contributed by atoms with Crippen LogP contribution in [0.3, 0.4) is 0 Å². The van der Waals surface area contributed by atoms with Gasteiger partial charge in [0.25, 0.3) is 5.56 Å². The largest absolute Gasteiger partial charge is 0.385 e. The van der Waals surface area contributed by atoms with E-state index in [1.807, 2.05) is 30.3 Å². The van der Waals surface area contributed by atoms with Gasteiger partial charge in [0.05, 0.1) is 0 Å². The van der Waals surface area contributed by atoms with Crippen LogP contribution in [0.2, 0.25) is 0 Å². The zero-order valence-corrected chi connectivity index (χ0v) is 17.6. The molecule has 0 bridgehead atoms. The van der Waals surface area contributed by atoms with Gasteiger partial charge < -0.3 is 15.7 Å². The van der Waals surface area contributed by atoms with E-state index in [1.165, 1.54) is 11.8 Å². The topological polar surface area (TPSA) is 102 Å². The molecule has 1 aliphatic carbocycles. The molecule has 0 spiro atoms. The lowest BCUT2D eigenvalue weighted by molar-refractivity contribution is 0.559. The van der Waals surface area contributed by atoms with Crippen molar-refractivity contribution in [2.24, 2.45) is 5.92 Å². The molecule has 4 N–H and O–H groups in total. The standard InChI is InChI=1S/C24H30N4O2/c1-16(2)15-26-21(12-13-25)18-8-10-19(11-9-18)22-20(23(29)28-24(30)27-22)14-17-6-4-3-5-7-17/h3-8,12-13,16,19,25-26H,9-11,14-15H2,1-2H3,(H2,27,28,29,30)/b21-12-,25-13?. The molecule has 3 rings (SSSR count). The van der Waals surface area contributed by atoms with Crippen molar-refractivity contribution in [1.82, 2.24) is 15.3 Å². The van der Waals surface area contributed by atoms with Crippen LogP contribution in [0.1, 0.15) is 55.8 Å². The van der Waals surface area contributed by atoms with Crippen molar-refractivity contribution in [2.75, 3.05) is 6.54 Å². The number of allylic oxidation sites excluding steroid dienone is 3. The number of H-pyrrole nitrogens is 2. The quantitative estimate of drug-likeness (QED) is 0.504. The third kappa shape index (κ3) is 5.47. The Hall–Kier alpha value is -3.15.